The van der Waals surface area contributed by atoms with E-state index in [4.69, 9.17) is 14.2 Å². The third kappa shape index (κ3) is 4.74. The number of halogens is 2. The molecule has 0 bridgehead atoms. The summed E-state index contributed by atoms with van der Waals surface area (Å²) in [6.45, 7) is 4.77. The Balaban J connectivity index is 2.06. The number of carbonyl (C=O) groups excluding carboxylic acids is 1. The first-order valence-corrected chi connectivity index (χ1v) is 7.31. The van der Waals surface area contributed by atoms with Crippen LogP contribution in [0.3, 0.4) is 0 Å². The number of esters is 1. The minimum atomic E-state index is -1.73. The van der Waals surface area contributed by atoms with Crippen molar-refractivity contribution in [3.8, 4) is 0 Å². The van der Waals surface area contributed by atoms with Crippen LogP contribution in [0.1, 0.15) is 13.8 Å². The number of hydrogen-bond acceptors (Lipinski definition) is 4. The van der Waals surface area contributed by atoms with Gasteiger partial charge in [-0.1, -0.05) is 0 Å². The van der Waals surface area contributed by atoms with Gasteiger partial charge < -0.3 is 14.2 Å². The normalized spacial score (nSPS) is 29.0. The Hall–Kier alpha value is -1.53. The van der Waals surface area contributed by atoms with Crippen molar-refractivity contribution in [3.05, 3.63) is 35.5 Å². The molecule has 0 saturated carbocycles. The van der Waals surface area contributed by atoms with Crippen LogP contribution in [0.25, 0.3) is 0 Å². The minimum Gasteiger partial charge on any atom is -0.463 e. The van der Waals surface area contributed by atoms with Crippen LogP contribution < -0.4 is 0 Å². The summed E-state index contributed by atoms with van der Waals surface area (Å²) in [5.41, 5.74) is 0.946. The fourth-order valence-corrected chi connectivity index (χ4v) is 2.10. The molecular weight excluding hydrogens is 294 g/mol. The maximum atomic E-state index is 13.6. The Labute approximate surface area is 128 Å². The highest BCUT2D eigenvalue weighted by Crippen LogP contribution is 2.28. The smallest absolute Gasteiger partial charge is 0.330 e. The van der Waals surface area contributed by atoms with Gasteiger partial charge in [-0.2, -0.15) is 0 Å². The SMILES string of the molecule is CCOC(=O)/C=C/C1=CC(F)C(F)C=C1C(C)OCC1CO1. The highest BCUT2D eigenvalue weighted by molar-refractivity contribution is 5.82. The molecular formula is C16H20F2O4. The summed E-state index contributed by atoms with van der Waals surface area (Å²) in [5.74, 6) is -0.527. The van der Waals surface area contributed by atoms with Gasteiger partial charge in [-0.15, -0.1) is 0 Å². The van der Waals surface area contributed by atoms with E-state index in [9.17, 15) is 13.6 Å². The van der Waals surface area contributed by atoms with Crippen molar-refractivity contribution in [2.24, 2.45) is 0 Å². The number of carbonyl (C=O) groups is 1. The molecule has 1 saturated heterocycles. The van der Waals surface area contributed by atoms with Gasteiger partial charge in [0.15, 0.2) is 12.3 Å². The van der Waals surface area contributed by atoms with Crippen LogP contribution in [-0.4, -0.2) is 50.3 Å². The van der Waals surface area contributed by atoms with Crippen LogP contribution in [0.4, 0.5) is 8.78 Å². The fraction of sp³-hybridized carbons (Fsp3) is 0.562. The van der Waals surface area contributed by atoms with Crippen molar-refractivity contribution in [1.82, 2.24) is 0 Å². The van der Waals surface area contributed by atoms with Gasteiger partial charge in [0.25, 0.3) is 0 Å². The zero-order valence-corrected chi connectivity index (χ0v) is 12.6. The summed E-state index contributed by atoms with van der Waals surface area (Å²) in [4.78, 5) is 11.4. The number of hydrogen-bond donors (Lipinski definition) is 0. The lowest BCUT2D eigenvalue weighted by atomic mass is 9.92. The molecule has 4 atom stereocenters. The standard InChI is InChI=1S/C16H20F2O4/c1-3-20-16(19)5-4-11-6-14(17)15(18)7-13(11)10(2)21-8-12-9-22-12/h4-7,10,12,14-15H,3,8-9H2,1-2H3/b5-4+. The zero-order chi connectivity index (χ0) is 16.1. The summed E-state index contributed by atoms with van der Waals surface area (Å²) >= 11 is 0. The molecule has 22 heavy (non-hydrogen) atoms. The summed E-state index contributed by atoms with van der Waals surface area (Å²) in [5, 5.41) is 0. The zero-order valence-electron chi connectivity index (χ0n) is 12.6. The van der Waals surface area contributed by atoms with Crippen molar-refractivity contribution in [2.45, 2.75) is 38.4 Å². The van der Waals surface area contributed by atoms with Crippen LogP contribution in [0, 0.1) is 0 Å². The topological polar surface area (TPSA) is 48.1 Å². The Kier molecular flexibility index (Phi) is 5.85. The monoisotopic (exact) mass is 314 g/mol. The molecule has 0 aromatic carbocycles. The van der Waals surface area contributed by atoms with Gasteiger partial charge in [-0.05, 0) is 43.2 Å². The van der Waals surface area contributed by atoms with E-state index in [0.29, 0.717) is 24.4 Å². The van der Waals surface area contributed by atoms with Gasteiger partial charge in [0.1, 0.15) is 6.10 Å². The summed E-state index contributed by atoms with van der Waals surface area (Å²) in [7, 11) is 0. The average Bonchev–Trinajstić information content (AvgIpc) is 3.30. The Morgan fingerprint density at radius 1 is 1.45 bits per heavy atom. The lowest BCUT2D eigenvalue weighted by Gasteiger charge is -2.23. The molecule has 1 fully saturated rings. The van der Waals surface area contributed by atoms with Gasteiger partial charge >= 0.3 is 5.97 Å². The van der Waals surface area contributed by atoms with Gasteiger partial charge in [0.2, 0.25) is 0 Å². The minimum absolute atomic E-state index is 0.0873. The third-order valence-corrected chi connectivity index (χ3v) is 3.37. The molecule has 4 nitrogen and oxygen atoms in total. The van der Waals surface area contributed by atoms with Gasteiger partial charge in [-0.3, -0.25) is 0 Å². The highest BCUT2D eigenvalue weighted by Gasteiger charge is 2.28. The molecule has 0 spiro atoms. The van der Waals surface area contributed by atoms with Gasteiger partial charge in [0, 0.05) is 6.08 Å². The van der Waals surface area contributed by atoms with E-state index in [1.807, 2.05) is 0 Å². The van der Waals surface area contributed by atoms with Crippen molar-refractivity contribution in [2.75, 3.05) is 19.8 Å². The third-order valence-electron chi connectivity index (χ3n) is 3.37. The lowest BCUT2D eigenvalue weighted by Crippen LogP contribution is -2.24. The molecule has 6 heteroatoms. The number of alkyl halides is 2. The lowest BCUT2D eigenvalue weighted by molar-refractivity contribution is -0.137. The van der Waals surface area contributed by atoms with Gasteiger partial charge in [0.05, 0.1) is 25.9 Å². The molecule has 2 aliphatic rings. The van der Waals surface area contributed by atoms with Crippen LogP contribution in [0.15, 0.2) is 35.5 Å². The molecule has 0 aromatic heterocycles. The van der Waals surface area contributed by atoms with E-state index in [1.54, 1.807) is 13.8 Å². The van der Waals surface area contributed by atoms with E-state index < -0.39 is 24.4 Å². The van der Waals surface area contributed by atoms with Crippen molar-refractivity contribution >= 4 is 5.97 Å². The first-order chi connectivity index (χ1) is 10.5. The molecule has 2 rings (SSSR count). The van der Waals surface area contributed by atoms with Crippen LogP contribution >= 0.6 is 0 Å². The number of rotatable bonds is 7. The highest BCUT2D eigenvalue weighted by atomic mass is 19.2. The molecule has 0 aromatic rings. The molecule has 0 radical (unpaired) electrons. The van der Waals surface area contributed by atoms with E-state index in [0.717, 1.165) is 6.08 Å². The summed E-state index contributed by atoms with van der Waals surface area (Å²) < 4.78 is 42.6. The Morgan fingerprint density at radius 2 is 2.14 bits per heavy atom. The quantitative estimate of drug-likeness (QED) is 0.411. The average molecular weight is 314 g/mol. The molecule has 0 amide bonds. The van der Waals surface area contributed by atoms with E-state index >= 15 is 0 Å². The molecule has 122 valence electrons. The van der Waals surface area contributed by atoms with Gasteiger partial charge in [-0.25, -0.2) is 13.6 Å². The van der Waals surface area contributed by atoms with E-state index in [1.165, 1.54) is 18.2 Å². The number of epoxide rings is 1. The molecule has 0 N–H and O–H groups in total. The summed E-state index contributed by atoms with van der Waals surface area (Å²) in [6.07, 6.45) is 1.21. The summed E-state index contributed by atoms with van der Waals surface area (Å²) in [6, 6.07) is 0. The first kappa shape index (κ1) is 16.8. The molecule has 4 unspecified atom stereocenters. The second kappa shape index (κ2) is 7.65. The van der Waals surface area contributed by atoms with Crippen LogP contribution in [0.5, 0.6) is 0 Å². The Bertz CT molecular complexity index is 494. The molecule has 1 aliphatic heterocycles. The number of allylic oxidation sites excluding steroid dienone is 3. The predicted molar refractivity (Wildman–Crippen MR) is 76.9 cm³/mol. The first-order valence-electron chi connectivity index (χ1n) is 7.31. The van der Waals surface area contributed by atoms with Crippen LogP contribution in [-0.2, 0) is 19.0 Å². The van der Waals surface area contributed by atoms with E-state index in [-0.39, 0.29) is 12.7 Å². The predicted octanol–water partition coefficient (Wildman–Crippen LogP) is 2.45. The van der Waals surface area contributed by atoms with Crippen molar-refractivity contribution < 1.29 is 27.8 Å². The maximum Gasteiger partial charge on any atom is 0.330 e. The largest absolute Gasteiger partial charge is 0.463 e. The number of ether oxygens (including phenoxy) is 3. The maximum absolute atomic E-state index is 13.6. The Morgan fingerprint density at radius 3 is 2.77 bits per heavy atom. The molecule has 1 aliphatic carbocycles. The van der Waals surface area contributed by atoms with Crippen molar-refractivity contribution in [3.63, 3.8) is 0 Å². The second-order valence-electron chi connectivity index (χ2n) is 5.15. The van der Waals surface area contributed by atoms with Crippen LogP contribution in [0.2, 0.25) is 0 Å². The van der Waals surface area contributed by atoms with Crippen molar-refractivity contribution in [1.29, 1.82) is 0 Å². The molecule has 1 heterocycles. The second-order valence-corrected chi connectivity index (χ2v) is 5.15. The fourth-order valence-electron chi connectivity index (χ4n) is 2.10. The van der Waals surface area contributed by atoms with E-state index in [2.05, 4.69) is 0 Å².